The number of carbonyl (C=O) groups excluding carboxylic acids is 1. The first-order valence-electron chi connectivity index (χ1n) is 6.91. The summed E-state index contributed by atoms with van der Waals surface area (Å²) >= 11 is 6.19. The van der Waals surface area contributed by atoms with Crippen LogP contribution in [0.5, 0.6) is 0 Å². The third-order valence-electron chi connectivity index (χ3n) is 3.17. The van der Waals surface area contributed by atoms with Gasteiger partial charge in [-0.1, -0.05) is 62.2 Å². The Morgan fingerprint density at radius 1 is 1.15 bits per heavy atom. The minimum atomic E-state index is -4.67. The predicted molar refractivity (Wildman–Crippen MR) is 99.7 cm³/mol. The second kappa shape index (κ2) is 10.1. The maximum absolute atomic E-state index is 12.4. The molecule has 0 radical (unpaired) electrons. The van der Waals surface area contributed by atoms with Crippen LogP contribution in [0.25, 0.3) is 0 Å². The molecule has 0 fully saturated rings. The van der Waals surface area contributed by atoms with E-state index in [1.165, 1.54) is 12.1 Å². The maximum Gasteiger partial charge on any atom is 1.00 e. The molecule has 0 saturated heterocycles. The first-order valence-corrected chi connectivity index (χ1v) is 10.4. The van der Waals surface area contributed by atoms with E-state index in [1.807, 2.05) is 0 Å². The summed E-state index contributed by atoms with van der Waals surface area (Å²) in [6, 6.07) is 11.8. The van der Waals surface area contributed by atoms with E-state index in [4.69, 9.17) is 0 Å². The molecule has 132 valence electrons. The van der Waals surface area contributed by atoms with Crippen molar-refractivity contribution in [1.29, 1.82) is 0 Å². The summed E-state index contributed by atoms with van der Waals surface area (Å²) in [6.07, 6.45) is 0. The fraction of sp³-hybridized carbons (Fsp3) is 0.125. The molecule has 0 bridgehead atoms. The number of halogens is 2. The van der Waals surface area contributed by atoms with Crippen LogP contribution in [-0.4, -0.2) is 34.8 Å². The topological polar surface area (TPSA) is 107 Å². The summed E-state index contributed by atoms with van der Waals surface area (Å²) in [5.41, 5.74) is 0.188. The molecule has 0 aliphatic heterocycles. The monoisotopic (exact) mass is 511 g/mol. The van der Waals surface area contributed by atoms with E-state index in [0.717, 1.165) is 6.07 Å². The third-order valence-corrected chi connectivity index (χ3v) is 6.28. The number of alkyl halides is 2. The number of hydrogen-bond donors (Lipinski definition) is 1. The molecule has 0 saturated carbocycles. The molecule has 1 unspecified atom stereocenters. The average Bonchev–Trinajstić information content (AvgIpc) is 2.60. The summed E-state index contributed by atoms with van der Waals surface area (Å²) in [6.45, 7) is 0. The van der Waals surface area contributed by atoms with Crippen LogP contribution < -0.4 is 34.7 Å². The van der Waals surface area contributed by atoms with Gasteiger partial charge in [0.05, 0.1) is 10.5 Å². The number of aliphatic imine (C=N–C) groups is 1. The number of benzene rings is 2. The second-order valence-electron chi connectivity index (χ2n) is 4.92. The first kappa shape index (κ1) is 23.5. The Kier molecular flexibility index (Phi) is 9.14. The average molecular weight is 513 g/mol. The van der Waals surface area contributed by atoms with Gasteiger partial charge < -0.3 is 5.11 Å². The number of carbonyl (C=O) groups is 1. The third kappa shape index (κ3) is 5.98. The van der Waals surface area contributed by atoms with E-state index in [9.17, 15) is 22.9 Å². The van der Waals surface area contributed by atoms with Gasteiger partial charge in [0, 0.05) is 16.5 Å². The van der Waals surface area contributed by atoms with Crippen LogP contribution in [-0.2, 0) is 10.1 Å². The molecule has 2 aromatic rings. The Balaban J connectivity index is 0.00000338. The Hall–Kier alpha value is -0.550. The predicted octanol–water partition coefficient (Wildman–Crippen LogP) is -0.283. The van der Waals surface area contributed by atoms with Gasteiger partial charge in [0.2, 0.25) is 0 Å². The van der Waals surface area contributed by atoms with Crippen LogP contribution >= 0.6 is 31.9 Å². The molecule has 0 aliphatic rings. The molecule has 1 atom stereocenters. The summed E-state index contributed by atoms with van der Waals surface area (Å²) < 4.78 is 32.7. The van der Waals surface area contributed by atoms with Gasteiger partial charge in [0.1, 0.15) is 4.90 Å². The minimum Gasteiger partial charge on any atom is -0.861 e. The van der Waals surface area contributed by atoms with Crippen LogP contribution in [0, 0.1) is 0 Å². The van der Waals surface area contributed by atoms with Gasteiger partial charge in [0.25, 0.3) is 10.1 Å². The summed E-state index contributed by atoms with van der Waals surface area (Å²) in [5.74, 6) is -1.04. The van der Waals surface area contributed by atoms with Gasteiger partial charge in [-0.3, -0.25) is 14.3 Å². The van der Waals surface area contributed by atoms with Gasteiger partial charge in [-0.05, 0) is 24.1 Å². The number of ketones is 1. The molecule has 2 rings (SSSR count). The van der Waals surface area contributed by atoms with Crippen molar-refractivity contribution in [2.75, 3.05) is 5.33 Å². The van der Waals surface area contributed by atoms with Crippen molar-refractivity contribution in [3.8, 4) is 0 Å². The van der Waals surface area contributed by atoms with Crippen molar-refractivity contribution in [1.82, 2.24) is 0 Å². The molecule has 10 heteroatoms. The molecule has 0 spiro atoms. The fourth-order valence-corrected chi connectivity index (χ4v) is 3.00. The zero-order valence-electron chi connectivity index (χ0n) is 13.6. The Labute approximate surface area is 190 Å². The van der Waals surface area contributed by atoms with Gasteiger partial charge in [-0.15, -0.1) is 0 Å². The SMILES string of the molecule is O=C(c1ccccc1)c1ccc(N=C([O-])C(Br)CBr)c(S(=O)(=O)O)c1.[Na+]. The quantitative estimate of drug-likeness (QED) is 0.143. The molecular formula is C16H12Br2NNaO5S. The molecule has 2 aromatic carbocycles. The zero-order chi connectivity index (χ0) is 18.6. The summed E-state index contributed by atoms with van der Waals surface area (Å²) in [4.78, 5) is 14.9. The van der Waals surface area contributed by atoms with Crippen molar-refractivity contribution >= 4 is 59.3 Å². The Morgan fingerprint density at radius 3 is 2.31 bits per heavy atom. The van der Waals surface area contributed by atoms with Crippen molar-refractivity contribution in [2.45, 2.75) is 9.72 Å². The van der Waals surface area contributed by atoms with Gasteiger partial charge in [-0.25, -0.2) is 0 Å². The summed E-state index contributed by atoms with van der Waals surface area (Å²) in [5, 5.41) is 12.2. The first-order chi connectivity index (χ1) is 11.7. The van der Waals surface area contributed by atoms with E-state index >= 15 is 0 Å². The molecule has 1 N–H and O–H groups in total. The van der Waals surface area contributed by atoms with E-state index in [1.54, 1.807) is 30.3 Å². The molecular weight excluding hydrogens is 501 g/mol. The second-order valence-corrected chi connectivity index (χ2v) is 8.07. The standard InChI is InChI=1S/C16H13Br2NO5S.Na/c17-9-12(18)16(21)19-13-7-6-11(8-14(13)25(22,23)24)15(20)10-4-2-1-3-5-10;/h1-8,12H,9H2,(H,19,21)(H,22,23,24);/q;+1/p-1. The Morgan fingerprint density at radius 2 is 1.77 bits per heavy atom. The Bertz CT molecular complexity index is 919. The van der Waals surface area contributed by atoms with Crippen molar-refractivity contribution in [3.05, 3.63) is 59.7 Å². The summed E-state index contributed by atoms with van der Waals surface area (Å²) in [7, 11) is -4.67. The molecule has 0 amide bonds. The van der Waals surface area contributed by atoms with E-state index < -0.39 is 31.5 Å². The number of hydrogen-bond acceptors (Lipinski definition) is 5. The fourth-order valence-electron chi connectivity index (χ4n) is 1.97. The molecule has 0 aromatic heterocycles. The minimum absolute atomic E-state index is 0. The van der Waals surface area contributed by atoms with Crippen molar-refractivity contribution in [3.63, 3.8) is 0 Å². The van der Waals surface area contributed by atoms with Crippen LogP contribution in [0.15, 0.2) is 58.4 Å². The van der Waals surface area contributed by atoms with Crippen molar-refractivity contribution < 1.29 is 52.4 Å². The number of nitrogens with zero attached hydrogens (tertiary/aromatic N) is 1. The van der Waals surface area contributed by atoms with Gasteiger partial charge in [0.15, 0.2) is 5.78 Å². The van der Waals surface area contributed by atoms with Crippen LogP contribution in [0.2, 0.25) is 0 Å². The zero-order valence-corrected chi connectivity index (χ0v) is 19.6. The van der Waals surface area contributed by atoms with E-state index in [-0.39, 0.29) is 46.1 Å². The number of rotatable bonds is 6. The largest absolute Gasteiger partial charge is 1.00 e. The normalized spacial score (nSPS) is 13.0. The van der Waals surface area contributed by atoms with Crippen LogP contribution in [0.3, 0.4) is 0 Å². The molecule has 26 heavy (non-hydrogen) atoms. The maximum atomic E-state index is 12.4. The van der Waals surface area contributed by atoms with Crippen LogP contribution in [0.4, 0.5) is 5.69 Å². The van der Waals surface area contributed by atoms with Gasteiger partial charge in [-0.2, -0.15) is 8.42 Å². The van der Waals surface area contributed by atoms with Crippen molar-refractivity contribution in [2.24, 2.45) is 4.99 Å². The smallest absolute Gasteiger partial charge is 0.861 e. The van der Waals surface area contributed by atoms with Gasteiger partial charge >= 0.3 is 29.6 Å². The molecule has 0 heterocycles. The van der Waals surface area contributed by atoms with E-state index in [2.05, 4.69) is 36.9 Å². The molecule has 6 nitrogen and oxygen atoms in total. The molecule has 0 aliphatic carbocycles. The van der Waals surface area contributed by atoms with E-state index in [0.29, 0.717) is 5.56 Å². The van der Waals surface area contributed by atoms with Crippen LogP contribution in [0.1, 0.15) is 15.9 Å².